The van der Waals surface area contributed by atoms with Gasteiger partial charge in [0.2, 0.25) is 5.91 Å². The van der Waals surface area contributed by atoms with Crippen molar-refractivity contribution < 1.29 is 66.5 Å². The summed E-state index contributed by atoms with van der Waals surface area (Å²) in [7, 11) is -4.04. The van der Waals surface area contributed by atoms with Crippen LogP contribution in [0.1, 0.15) is 12.6 Å². The van der Waals surface area contributed by atoms with Crippen LogP contribution in [0.25, 0.3) is 0 Å². The fraction of sp³-hybridized carbons (Fsp3) is 0.385. The topological polar surface area (TPSA) is 187 Å². The molecule has 0 saturated carbocycles. The van der Waals surface area contributed by atoms with Gasteiger partial charge in [0.15, 0.2) is 26.3 Å². The number of nitrogens with zero attached hydrogens (tertiary/aromatic N) is 3. The normalized spacial score (nSPS) is 18.5. The molecule has 31 heavy (non-hydrogen) atoms. The third kappa shape index (κ3) is 6.85. The summed E-state index contributed by atoms with van der Waals surface area (Å²) in [4.78, 5) is 55.9. The molecule has 2 rings (SSSR count). The van der Waals surface area contributed by atoms with Crippen LogP contribution in [0.2, 0.25) is 0 Å². The van der Waals surface area contributed by atoms with Gasteiger partial charge in [-0.3, -0.25) is 19.2 Å². The summed E-state index contributed by atoms with van der Waals surface area (Å²) in [5.74, 6) is -3.04. The van der Waals surface area contributed by atoms with Crippen molar-refractivity contribution in [3.8, 4) is 0 Å². The van der Waals surface area contributed by atoms with Crippen LogP contribution in [0.4, 0.5) is 5.13 Å². The Morgan fingerprint density at radius 1 is 1.45 bits per heavy atom. The molecule has 3 amide bonds. The van der Waals surface area contributed by atoms with Gasteiger partial charge >= 0.3 is 29.6 Å². The zero-order chi connectivity index (χ0) is 22.6. The smallest absolute Gasteiger partial charge is 0.731 e. The number of thioether (sulfide) groups is 1. The van der Waals surface area contributed by atoms with E-state index in [2.05, 4.69) is 25.6 Å². The molecule has 0 unspecified atom stereocenters. The van der Waals surface area contributed by atoms with Gasteiger partial charge in [-0.2, -0.15) is 0 Å². The number of carbonyl (C=O) groups excluding carboxylic acids is 4. The first-order valence-corrected chi connectivity index (χ1v) is 11.4. The first-order valence-electron chi connectivity index (χ1n) is 7.69. The van der Waals surface area contributed by atoms with Gasteiger partial charge in [-0.05, 0) is 0 Å². The van der Waals surface area contributed by atoms with E-state index in [1.54, 1.807) is 0 Å². The quantitative estimate of drug-likeness (QED) is 0.0853. The third-order valence-electron chi connectivity index (χ3n) is 3.33. The third-order valence-corrected chi connectivity index (χ3v) is 6.41. The number of halogens is 1. The number of alkyl halides is 1. The molecule has 0 radical (unpaired) electrons. The summed E-state index contributed by atoms with van der Waals surface area (Å²) in [5, 5.41) is 7.56. The van der Waals surface area contributed by atoms with Crippen LogP contribution >= 0.6 is 34.7 Å². The number of oxime groups is 1. The van der Waals surface area contributed by atoms with Gasteiger partial charge in [0.1, 0.15) is 30.1 Å². The van der Waals surface area contributed by atoms with Crippen molar-refractivity contribution in [3.05, 3.63) is 11.1 Å². The maximum atomic E-state index is 12.6. The Labute approximate surface area is 211 Å². The van der Waals surface area contributed by atoms with Gasteiger partial charge in [-0.15, -0.1) is 22.9 Å². The fourth-order valence-electron chi connectivity index (χ4n) is 2.19. The van der Waals surface area contributed by atoms with Crippen molar-refractivity contribution in [2.45, 2.75) is 18.3 Å². The van der Waals surface area contributed by atoms with Crippen molar-refractivity contribution in [2.75, 3.05) is 18.3 Å². The van der Waals surface area contributed by atoms with Crippen LogP contribution in [0.15, 0.2) is 10.5 Å². The Morgan fingerprint density at radius 3 is 2.61 bits per heavy atom. The molecular formula is C13H13ClN5NaO8S3. The van der Waals surface area contributed by atoms with Crippen molar-refractivity contribution in [1.29, 1.82) is 0 Å². The Balaban J connectivity index is 0.00000480. The zero-order valence-corrected chi connectivity index (χ0v) is 21.4. The number of carbonyl (C=O) groups is 4. The van der Waals surface area contributed by atoms with E-state index >= 15 is 0 Å². The molecular weight excluding hydrogens is 509 g/mol. The molecule has 0 bridgehead atoms. The molecule has 1 saturated heterocycles. The van der Waals surface area contributed by atoms with E-state index in [9.17, 15) is 32.1 Å². The Morgan fingerprint density at radius 2 is 2.10 bits per heavy atom. The van der Waals surface area contributed by atoms with Crippen LogP contribution in [0.3, 0.4) is 0 Å². The van der Waals surface area contributed by atoms with Gasteiger partial charge in [-0.1, -0.05) is 16.9 Å². The van der Waals surface area contributed by atoms with Gasteiger partial charge in [0.25, 0.3) is 11.8 Å². The van der Waals surface area contributed by atoms with Crippen LogP contribution < -0.4 is 40.2 Å². The first-order chi connectivity index (χ1) is 14.0. The molecule has 1 aliphatic rings. The number of hydrogen-bond donors (Lipinski definition) is 2. The summed E-state index contributed by atoms with van der Waals surface area (Å²) in [6, 6.07) is -1.48. The first kappa shape index (κ1) is 27.8. The van der Waals surface area contributed by atoms with Gasteiger partial charge < -0.3 is 20.0 Å². The Bertz CT molecular complexity index is 1020. The maximum Gasteiger partial charge on any atom is 1.00 e. The van der Waals surface area contributed by atoms with E-state index in [0.29, 0.717) is 11.8 Å². The number of nitrogens with one attached hydrogen (secondary N) is 2. The summed E-state index contributed by atoms with van der Waals surface area (Å²) >= 11 is 6.73. The Kier molecular flexibility index (Phi) is 10.3. The van der Waals surface area contributed by atoms with Crippen LogP contribution in [0, 0.1) is 0 Å². The van der Waals surface area contributed by atoms with Crippen LogP contribution in [-0.2, 0) is 34.3 Å². The number of hydrogen-bond acceptors (Lipinski definition) is 12. The second-order valence-corrected chi connectivity index (χ2v) is 9.05. The summed E-state index contributed by atoms with van der Waals surface area (Å²) in [6.07, 6.45) is 0. The number of amides is 3. The minimum absolute atomic E-state index is 0. The van der Waals surface area contributed by atoms with E-state index in [1.165, 1.54) is 5.38 Å². The number of β-lactam (4-membered cyclic amide) rings is 1. The number of aromatic nitrogens is 1. The predicted octanol–water partition coefficient (Wildman–Crippen LogP) is -3.93. The van der Waals surface area contributed by atoms with E-state index in [-0.39, 0.29) is 50.6 Å². The predicted molar refractivity (Wildman–Crippen MR) is 106 cm³/mol. The molecule has 0 spiro atoms. The van der Waals surface area contributed by atoms with E-state index in [1.807, 2.05) is 0 Å². The molecule has 164 valence electrons. The Hall–Kier alpha value is -1.27. The molecule has 1 aromatic heterocycles. The van der Waals surface area contributed by atoms with E-state index in [4.69, 9.17) is 11.6 Å². The molecule has 2 N–H and O–H groups in total. The minimum atomic E-state index is -5.18. The van der Waals surface area contributed by atoms with Gasteiger partial charge in [-0.25, -0.2) is 17.7 Å². The van der Waals surface area contributed by atoms with E-state index in [0.717, 1.165) is 25.4 Å². The largest absolute Gasteiger partial charge is 1.00 e. The average molecular weight is 522 g/mol. The molecule has 0 aromatic carbocycles. The summed E-state index contributed by atoms with van der Waals surface area (Å²) in [5.41, 5.74) is -0.428. The number of rotatable bonds is 8. The monoisotopic (exact) mass is 521 g/mol. The van der Waals surface area contributed by atoms with Crippen LogP contribution in [-0.4, -0.2) is 75.2 Å². The molecule has 1 fully saturated rings. The average Bonchev–Trinajstić information content (AvgIpc) is 3.09. The summed E-state index contributed by atoms with van der Waals surface area (Å²) < 4.78 is 33.7. The minimum Gasteiger partial charge on any atom is -0.731 e. The van der Waals surface area contributed by atoms with Crippen LogP contribution in [0.5, 0.6) is 0 Å². The fourth-order valence-corrected chi connectivity index (χ4v) is 4.99. The second-order valence-electron chi connectivity index (χ2n) is 5.39. The van der Waals surface area contributed by atoms with Gasteiger partial charge in [0, 0.05) is 12.3 Å². The van der Waals surface area contributed by atoms with Gasteiger partial charge in [0.05, 0.1) is 0 Å². The summed E-state index contributed by atoms with van der Waals surface area (Å²) in [6.45, 7) is 1.10. The molecule has 13 nitrogen and oxygen atoms in total. The van der Waals surface area contributed by atoms with Crippen molar-refractivity contribution in [1.82, 2.24) is 14.6 Å². The molecule has 0 aliphatic carbocycles. The number of thiazole rings is 1. The molecule has 1 aromatic rings. The van der Waals surface area contributed by atoms with E-state index < -0.39 is 50.3 Å². The SMILES string of the molecule is CON=C(C(=O)N[C@@H]1C(=O)N(S(=O)(=O)[O-])[C@@H]1SC(C)=O)c1csc(NC(=O)CCl)n1.[Na+]. The molecule has 2 atom stereocenters. The number of anilines is 1. The van der Waals surface area contributed by atoms with Crippen molar-refractivity contribution in [3.63, 3.8) is 0 Å². The van der Waals surface area contributed by atoms with Crippen molar-refractivity contribution in [2.24, 2.45) is 5.16 Å². The molecule has 18 heteroatoms. The molecule has 1 aliphatic heterocycles. The standard InChI is InChI=1S/C13H14ClN5O8S3.Na/c1-5(20)29-12-9(11(23)19(12)30(24,25)26)17-10(22)8(18-27-2)6-4-28-13(15-6)16-7(21)3-14;/h4,9,12H,3H2,1-2H3,(H,17,22)(H,15,16,21)(H,24,25,26);/q;+1/p-1/t9-,12-;/m1./s1. The zero-order valence-electron chi connectivity index (χ0n) is 16.1. The maximum absolute atomic E-state index is 12.6. The second kappa shape index (κ2) is 11.6. The molecule has 2 heterocycles. The van der Waals surface area contributed by atoms with Crippen molar-refractivity contribution >= 4 is 78.7 Å².